The van der Waals surface area contributed by atoms with Crippen molar-refractivity contribution in [1.29, 1.82) is 10.7 Å². The van der Waals surface area contributed by atoms with Crippen molar-refractivity contribution in [2.24, 2.45) is 5.92 Å². The lowest BCUT2D eigenvalue weighted by Gasteiger charge is -2.33. The van der Waals surface area contributed by atoms with Gasteiger partial charge in [0.1, 0.15) is 11.7 Å². The van der Waals surface area contributed by atoms with Gasteiger partial charge in [-0.25, -0.2) is 0 Å². The summed E-state index contributed by atoms with van der Waals surface area (Å²) in [4.78, 5) is 14.4. The van der Waals surface area contributed by atoms with Gasteiger partial charge in [-0.05, 0) is 30.7 Å². The molecule has 1 aliphatic carbocycles. The topological polar surface area (TPSA) is 73.9 Å². The van der Waals surface area contributed by atoms with Crippen LogP contribution in [0, 0.1) is 22.7 Å². The minimum absolute atomic E-state index is 0.00785. The van der Waals surface area contributed by atoms with E-state index in [4.69, 9.17) is 33.3 Å². The molecule has 1 N–H and O–H groups in total. The van der Waals surface area contributed by atoms with Crippen LogP contribution in [0.3, 0.4) is 0 Å². The molecule has 136 valence electrons. The van der Waals surface area contributed by atoms with Crippen molar-refractivity contribution in [3.63, 3.8) is 0 Å². The zero-order valence-electron chi connectivity index (χ0n) is 14.1. The lowest BCUT2D eigenvalue weighted by molar-refractivity contribution is -0.116. The highest BCUT2D eigenvalue weighted by Crippen LogP contribution is 2.47. The Hall–Kier alpha value is -2.13. The van der Waals surface area contributed by atoms with Gasteiger partial charge < -0.3 is 4.74 Å². The summed E-state index contributed by atoms with van der Waals surface area (Å²) in [6.45, 7) is 0. The van der Waals surface area contributed by atoms with Gasteiger partial charge in [0.25, 0.3) is 0 Å². The third-order valence-corrected chi connectivity index (χ3v) is 6.59. The number of rotatable bonds is 2. The van der Waals surface area contributed by atoms with Gasteiger partial charge in [-0.2, -0.15) is 5.26 Å². The van der Waals surface area contributed by atoms with Crippen LogP contribution in [0.1, 0.15) is 30.1 Å². The first-order chi connectivity index (χ1) is 13.0. The Morgan fingerprint density at radius 2 is 2.04 bits per heavy atom. The molecule has 1 aromatic carbocycles. The second-order valence-electron chi connectivity index (χ2n) is 6.49. The first-order valence-corrected chi connectivity index (χ1v) is 10.0. The molecule has 0 spiro atoms. The quantitative estimate of drug-likeness (QED) is 0.655. The number of ether oxygens (including phenoxy) is 1. The van der Waals surface area contributed by atoms with Crippen molar-refractivity contribution in [3.05, 3.63) is 56.6 Å². The molecule has 27 heavy (non-hydrogen) atoms. The Morgan fingerprint density at radius 3 is 2.78 bits per heavy atom. The maximum absolute atomic E-state index is 12.6. The van der Waals surface area contributed by atoms with E-state index < -0.39 is 11.8 Å². The van der Waals surface area contributed by atoms with E-state index in [-0.39, 0.29) is 11.7 Å². The second kappa shape index (κ2) is 7.12. The molecule has 0 bridgehead atoms. The van der Waals surface area contributed by atoms with E-state index in [9.17, 15) is 10.1 Å². The maximum atomic E-state index is 12.6. The molecule has 1 aliphatic heterocycles. The number of nitrogens with zero attached hydrogens (tertiary/aromatic N) is 1. The predicted octanol–water partition coefficient (Wildman–Crippen LogP) is 5.96. The van der Waals surface area contributed by atoms with Gasteiger partial charge in [-0.15, -0.1) is 11.3 Å². The van der Waals surface area contributed by atoms with E-state index in [0.717, 1.165) is 15.3 Å². The Kier molecular flexibility index (Phi) is 4.81. The van der Waals surface area contributed by atoms with Crippen LogP contribution < -0.4 is 0 Å². The van der Waals surface area contributed by atoms with E-state index in [0.29, 0.717) is 40.6 Å². The van der Waals surface area contributed by atoms with Gasteiger partial charge in [0.2, 0.25) is 5.90 Å². The standard InChI is InChI=1S/C20H14Cl2N2O2S/c21-10-4-5-11(13(22)8-10)16-6-7-17(27-16)18-12(9-23)20(24)26-15-3-1-2-14(25)19(15)18/h4-8,12,18,24H,1-3H2. The minimum Gasteiger partial charge on any atom is -0.446 e. The molecule has 2 aromatic rings. The van der Waals surface area contributed by atoms with Crippen LogP contribution >= 0.6 is 34.5 Å². The monoisotopic (exact) mass is 416 g/mol. The number of ketones is 1. The molecule has 1 aromatic heterocycles. The molecule has 2 atom stereocenters. The number of allylic oxidation sites excluding steroid dienone is 2. The van der Waals surface area contributed by atoms with Crippen molar-refractivity contribution in [2.45, 2.75) is 25.2 Å². The summed E-state index contributed by atoms with van der Waals surface area (Å²) < 4.78 is 5.53. The smallest absolute Gasteiger partial charge is 0.205 e. The number of thiophene rings is 1. The SMILES string of the molecule is N#CC1C(=N)OC2=C(C(=O)CCC2)C1c1ccc(-c2ccc(Cl)cc2Cl)s1. The molecule has 4 nitrogen and oxygen atoms in total. The van der Waals surface area contributed by atoms with E-state index in [1.165, 1.54) is 11.3 Å². The molecule has 0 saturated carbocycles. The Bertz CT molecular complexity index is 1030. The first kappa shape index (κ1) is 18.2. The number of benzene rings is 1. The van der Waals surface area contributed by atoms with Crippen molar-refractivity contribution in [1.82, 2.24) is 0 Å². The van der Waals surface area contributed by atoms with Gasteiger partial charge in [0, 0.05) is 44.7 Å². The Balaban J connectivity index is 1.81. The molecular weight excluding hydrogens is 403 g/mol. The fraction of sp³-hybridized carbons (Fsp3) is 0.250. The average Bonchev–Trinajstić information content (AvgIpc) is 3.10. The molecule has 0 saturated heterocycles. The number of nitrogens with one attached hydrogen (secondary N) is 1. The number of hydrogen-bond donors (Lipinski definition) is 1. The Morgan fingerprint density at radius 1 is 1.22 bits per heavy atom. The first-order valence-electron chi connectivity index (χ1n) is 8.47. The highest BCUT2D eigenvalue weighted by Gasteiger charge is 2.43. The number of carbonyl (C=O) groups excluding carboxylic acids is 1. The zero-order valence-corrected chi connectivity index (χ0v) is 16.4. The molecule has 2 aliphatic rings. The van der Waals surface area contributed by atoms with Crippen LogP contribution in [0.4, 0.5) is 0 Å². The third-order valence-electron chi connectivity index (χ3n) is 4.84. The molecule has 0 fully saturated rings. The normalized spacial score (nSPS) is 22.3. The summed E-state index contributed by atoms with van der Waals surface area (Å²) in [5.74, 6) is -0.807. The average molecular weight is 417 g/mol. The van der Waals surface area contributed by atoms with Gasteiger partial charge in [-0.1, -0.05) is 29.3 Å². The largest absolute Gasteiger partial charge is 0.446 e. The lowest BCUT2D eigenvalue weighted by atomic mass is 9.77. The molecule has 2 heterocycles. The molecule has 7 heteroatoms. The van der Waals surface area contributed by atoms with Crippen LogP contribution in [0.2, 0.25) is 10.0 Å². The van der Waals surface area contributed by atoms with Crippen LogP contribution in [0.15, 0.2) is 41.7 Å². The highest BCUT2D eigenvalue weighted by molar-refractivity contribution is 7.15. The third kappa shape index (κ3) is 3.19. The highest BCUT2D eigenvalue weighted by atomic mass is 35.5. The predicted molar refractivity (Wildman–Crippen MR) is 106 cm³/mol. The number of hydrogen-bond acceptors (Lipinski definition) is 5. The van der Waals surface area contributed by atoms with Crippen LogP contribution in [0.25, 0.3) is 10.4 Å². The fourth-order valence-corrected chi connectivity index (χ4v) is 5.36. The van der Waals surface area contributed by atoms with E-state index in [2.05, 4.69) is 6.07 Å². The molecule has 0 radical (unpaired) electrons. The Labute approximate surface area is 170 Å². The number of carbonyl (C=O) groups is 1. The fourth-order valence-electron chi connectivity index (χ4n) is 3.60. The summed E-state index contributed by atoms with van der Waals surface area (Å²) >= 11 is 13.8. The van der Waals surface area contributed by atoms with Gasteiger partial charge in [0.15, 0.2) is 5.78 Å². The van der Waals surface area contributed by atoms with Crippen LogP contribution in [-0.2, 0) is 9.53 Å². The van der Waals surface area contributed by atoms with Gasteiger partial charge >= 0.3 is 0 Å². The van der Waals surface area contributed by atoms with E-state index in [1.54, 1.807) is 12.1 Å². The number of Topliss-reactive ketones (excluding diaryl/α,β-unsaturated/α-hetero) is 1. The van der Waals surface area contributed by atoms with Crippen molar-refractivity contribution in [3.8, 4) is 16.5 Å². The number of halogens is 2. The summed E-state index contributed by atoms with van der Waals surface area (Å²) in [6.07, 6.45) is 1.79. The summed E-state index contributed by atoms with van der Waals surface area (Å²) in [7, 11) is 0. The molecule has 0 amide bonds. The lowest BCUT2D eigenvalue weighted by Crippen LogP contribution is -2.34. The van der Waals surface area contributed by atoms with Crippen LogP contribution in [0.5, 0.6) is 0 Å². The van der Waals surface area contributed by atoms with Crippen molar-refractivity contribution >= 4 is 46.2 Å². The molecule has 4 rings (SSSR count). The van der Waals surface area contributed by atoms with Crippen molar-refractivity contribution < 1.29 is 9.53 Å². The van der Waals surface area contributed by atoms with Gasteiger partial charge in [-0.3, -0.25) is 10.2 Å². The molecular formula is C20H14Cl2N2O2S. The number of nitriles is 1. The van der Waals surface area contributed by atoms with E-state index in [1.807, 2.05) is 18.2 Å². The zero-order chi connectivity index (χ0) is 19.1. The summed E-state index contributed by atoms with van der Waals surface area (Å²) in [6, 6.07) is 11.3. The van der Waals surface area contributed by atoms with Crippen molar-refractivity contribution in [2.75, 3.05) is 0 Å². The van der Waals surface area contributed by atoms with E-state index >= 15 is 0 Å². The summed E-state index contributed by atoms with van der Waals surface area (Å²) in [5, 5.41) is 18.9. The van der Waals surface area contributed by atoms with Gasteiger partial charge in [0.05, 0.1) is 11.1 Å². The summed E-state index contributed by atoms with van der Waals surface area (Å²) in [5.41, 5.74) is 1.40. The minimum atomic E-state index is -0.807. The molecule has 2 unspecified atom stereocenters. The maximum Gasteiger partial charge on any atom is 0.205 e. The van der Waals surface area contributed by atoms with Crippen LogP contribution in [-0.4, -0.2) is 11.7 Å². The second-order valence-corrected chi connectivity index (χ2v) is 8.45.